The van der Waals surface area contributed by atoms with Gasteiger partial charge >= 0.3 is 0 Å². The molecule has 0 bridgehead atoms. The average molecular weight is 449 g/mol. The zero-order valence-corrected chi connectivity index (χ0v) is 18.3. The molecule has 0 radical (unpaired) electrons. The van der Waals surface area contributed by atoms with Crippen molar-refractivity contribution in [1.82, 2.24) is 19.9 Å². The Hall–Kier alpha value is -1.84. The van der Waals surface area contributed by atoms with E-state index in [4.69, 9.17) is 16.6 Å². The Labute approximate surface area is 183 Å². The Morgan fingerprint density at radius 2 is 1.87 bits per heavy atom. The first kappa shape index (κ1) is 20.1. The smallest absolute Gasteiger partial charge is 0.225 e. The van der Waals surface area contributed by atoms with Crippen molar-refractivity contribution in [3.63, 3.8) is 0 Å². The van der Waals surface area contributed by atoms with E-state index in [9.17, 15) is 9.32 Å². The van der Waals surface area contributed by atoms with E-state index in [2.05, 4.69) is 24.8 Å². The monoisotopic (exact) mass is 448 g/mol. The van der Waals surface area contributed by atoms with E-state index in [-0.39, 0.29) is 18.1 Å². The van der Waals surface area contributed by atoms with Gasteiger partial charge in [-0.3, -0.25) is 4.21 Å². The summed E-state index contributed by atoms with van der Waals surface area (Å²) < 4.78 is 12.6. The maximum atomic E-state index is 12.6. The minimum absolute atomic E-state index is 0.109. The first-order valence-corrected chi connectivity index (χ1v) is 12.2. The fourth-order valence-corrected chi connectivity index (χ4v) is 5.88. The molecule has 2 aromatic heterocycles. The molecule has 1 saturated heterocycles. The van der Waals surface area contributed by atoms with Crippen molar-refractivity contribution in [3.8, 4) is 0 Å². The van der Waals surface area contributed by atoms with E-state index in [0.717, 1.165) is 56.8 Å². The quantitative estimate of drug-likeness (QED) is 0.760. The molecule has 0 spiro atoms. The summed E-state index contributed by atoms with van der Waals surface area (Å²) in [7, 11) is -1.08. The Morgan fingerprint density at radius 1 is 1.13 bits per heavy atom. The first-order valence-electron chi connectivity index (χ1n) is 10.5. The standard InChI is InChI=1S/C20H25ClN6O2S/c21-15-10-23-19(24-11-15)26-6-2-14(3-7-26)17-22-12-16-18(25-17)27(8-9-30(16)29)20(13-28)4-1-5-20/h10-12,14,28H,1-9,13H2/t30-/m1/s1. The lowest BCUT2D eigenvalue weighted by atomic mass is 9.76. The van der Waals surface area contributed by atoms with Crippen LogP contribution in [0.4, 0.5) is 11.8 Å². The number of aromatic nitrogens is 4. The van der Waals surface area contributed by atoms with Crippen LogP contribution in [0.1, 0.15) is 43.8 Å². The van der Waals surface area contributed by atoms with Crippen LogP contribution in [-0.4, -0.2) is 66.8 Å². The van der Waals surface area contributed by atoms with Gasteiger partial charge < -0.3 is 14.9 Å². The number of hydrogen-bond donors (Lipinski definition) is 1. The van der Waals surface area contributed by atoms with Gasteiger partial charge in [0.2, 0.25) is 5.95 Å². The largest absolute Gasteiger partial charge is 0.394 e. The van der Waals surface area contributed by atoms with E-state index >= 15 is 0 Å². The van der Waals surface area contributed by atoms with Crippen LogP contribution in [-0.2, 0) is 10.8 Å². The molecular formula is C20H25ClN6O2S. The van der Waals surface area contributed by atoms with Crippen LogP contribution < -0.4 is 9.80 Å². The average Bonchev–Trinajstić information content (AvgIpc) is 2.75. The first-order chi connectivity index (χ1) is 14.6. The molecule has 30 heavy (non-hydrogen) atoms. The van der Waals surface area contributed by atoms with Crippen LogP contribution in [0.3, 0.4) is 0 Å². The van der Waals surface area contributed by atoms with Crippen LogP contribution in [0.15, 0.2) is 23.5 Å². The predicted molar refractivity (Wildman–Crippen MR) is 116 cm³/mol. The molecular weight excluding hydrogens is 424 g/mol. The highest BCUT2D eigenvalue weighted by Crippen LogP contribution is 2.43. The lowest BCUT2D eigenvalue weighted by Gasteiger charge is -2.51. The van der Waals surface area contributed by atoms with Gasteiger partial charge in [0.05, 0.1) is 45.3 Å². The van der Waals surface area contributed by atoms with Crippen molar-refractivity contribution in [1.29, 1.82) is 0 Å². The second kappa shape index (κ2) is 8.01. The summed E-state index contributed by atoms with van der Waals surface area (Å²) in [6.45, 7) is 2.42. The molecule has 10 heteroatoms. The summed E-state index contributed by atoms with van der Waals surface area (Å²) in [5.74, 6) is 3.07. The number of aliphatic hydroxyl groups is 1. The van der Waals surface area contributed by atoms with Crippen molar-refractivity contribution < 1.29 is 9.32 Å². The Bertz CT molecular complexity index is 941. The molecule has 1 N–H and O–H groups in total. The van der Waals surface area contributed by atoms with E-state index in [1.54, 1.807) is 18.6 Å². The summed E-state index contributed by atoms with van der Waals surface area (Å²) in [5, 5.41) is 10.6. The maximum Gasteiger partial charge on any atom is 0.225 e. The Morgan fingerprint density at radius 3 is 2.50 bits per heavy atom. The fourth-order valence-electron chi connectivity index (χ4n) is 4.68. The van der Waals surface area contributed by atoms with Gasteiger partial charge in [-0.1, -0.05) is 11.6 Å². The topological polar surface area (TPSA) is 95.3 Å². The molecule has 3 aliphatic rings. The molecule has 1 saturated carbocycles. The van der Waals surface area contributed by atoms with Crippen LogP contribution in [0.25, 0.3) is 0 Å². The number of rotatable bonds is 4. The Balaban J connectivity index is 1.36. The van der Waals surface area contributed by atoms with Crippen LogP contribution in [0.5, 0.6) is 0 Å². The van der Waals surface area contributed by atoms with Crippen LogP contribution in [0, 0.1) is 0 Å². The normalized spacial score (nSPS) is 23.7. The number of halogens is 1. The summed E-state index contributed by atoms with van der Waals surface area (Å²) >= 11 is 5.89. The lowest BCUT2D eigenvalue weighted by molar-refractivity contribution is 0.115. The Kier molecular flexibility index (Phi) is 5.37. The van der Waals surface area contributed by atoms with Gasteiger partial charge in [0.15, 0.2) is 0 Å². The van der Waals surface area contributed by atoms with Gasteiger partial charge in [0.25, 0.3) is 0 Å². The van der Waals surface area contributed by atoms with E-state index in [1.807, 2.05) is 0 Å². The van der Waals surface area contributed by atoms with Crippen molar-refractivity contribution in [2.24, 2.45) is 0 Å². The molecule has 2 aliphatic heterocycles. The van der Waals surface area contributed by atoms with E-state index in [0.29, 0.717) is 28.2 Å². The highest BCUT2D eigenvalue weighted by atomic mass is 35.5. The number of anilines is 2. The third-order valence-corrected chi connectivity index (χ3v) is 8.18. The van der Waals surface area contributed by atoms with Crippen molar-refractivity contribution >= 4 is 34.2 Å². The van der Waals surface area contributed by atoms with E-state index < -0.39 is 10.8 Å². The van der Waals surface area contributed by atoms with Gasteiger partial charge in [-0.15, -0.1) is 0 Å². The number of fused-ring (bicyclic) bond motifs is 1. The second-order valence-electron chi connectivity index (χ2n) is 8.32. The molecule has 0 amide bonds. The lowest BCUT2D eigenvalue weighted by Crippen LogP contribution is -2.59. The molecule has 5 rings (SSSR count). The molecule has 0 unspecified atom stereocenters. The zero-order chi connectivity index (χ0) is 20.7. The third-order valence-electron chi connectivity index (χ3n) is 6.66. The molecule has 2 fully saturated rings. The third kappa shape index (κ3) is 3.46. The molecule has 4 heterocycles. The van der Waals surface area contributed by atoms with Crippen molar-refractivity contribution in [2.75, 3.05) is 41.8 Å². The molecule has 1 atom stereocenters. The van der Waals surface area contributed by atoms with Crippen molar-refractivity contribution in [2.45, 2.75) is 48.5 Å². The number of hydrogen-bond acceptors (Lipinski definition) is 8. The summed E-state index contributed by atoms with van der Waals surface area (Å²) in [4.78, 5) is 23.2. The van der Waals surface area contributed by atoms with Crippen molar-refractivity contribution in [3.05, 3.63) is 29.4 Å². The van der Waals surface area contributed by atoms with Crippen LogP contribution >= 0.6 is 11.6 Å². The zero-order valence-electron chi connectivity index (χ0n) is 16.7. The molecule has 160 valence electrons. The van der Waals surface area contributed by atoms with Gasteiger partial charge in [0, 0.05) is 37.5 Å². The summed E-state index contributed by atoms with van der Waals surface area (Å²) in [6.07, 6.45) is 9.81. The van der Waals surface area contributed by atoms with E-state index in [1.165, 1.54) is 0 Å². The predicted octanol–water partition coefficient (Wildman–Crippen LogP) is 2.15. The fraction of sp³-hybridized carbons (Fsp3) is 0.600. The van der Waals surface area contributed by atoms with Crippen LogP contribution in [0.2, 0.25) is 5.02 Å². The highest BCUT2D eigenvalue weighted by molar-refractivity contribution is 7.85. The molecule has 2 aromatic rings. The SMILES string of the molecule is O=[S@@]1CCN(C2(CO)CCC2)c2nc(C3CCN(c4ncc(Cl)cn4)CC3)ncc21. The molecule has 8 nitrogen and oxygen atoms in total. The number of aliphatic hydroxyl groups excluding tert-OH is 1. The molecule has 1 aliphatic carbocycles. The van der Waals surface area contributed by atoms with Gasteiger partial charge in [0.1, 0.15) is 11.6 Å². The minimum Gasteiger partial charge on any atom is -0.394 e. The maximum absolute atomic E-state index is 12.6. The van der Waals surface area contributed by atoms with Gasteiger partial charge in [-0.2, -0.15) is 0 Å². The minimum atomic E-state index is -1.08. The van der Waals surface area contributed by atoms with Gasteiger partial charge in [-0.05, 0) is 32.1 Å². The molecule has 0 aromatic carbocycles. The second-order valence-corrected chi connectivity index (χ2v) is 10.3. The summed E-state index contributed by atoms with van der Waals surface area (Å²) in [5.41, 5.74) is -0.250. The summed E-state index contributed by atoms with van der Waals surface area (Å²) in [6, 6.07) is 0. The number of nitrogens with zero attached hydrogens (tertiary/aromatic N) is 6. The number of piperidine rings is 1. The van der Waals surface area contributed by atoms with Gasteiger partial charge in [-0.25, -0.2) is 19.9 Å². The highest BCUT2D eigenvalue weighted by Gasteiger charge is 2.45.